The lowest BCUT2D eigenvalue weighted by Crippen LogP contribution is -2.03. The van der Waals surface area contributed by atoms with Crippen LogP contribution in [0.1, 0.15) is 5.56 Å². The number of rotatable bonds is 3. The monoisotopic (exact) mass is 238 g/mol. The molecule has 2 aromatic carbocycles. The molecule has 0 atom stereocenters. The van der Waals surface area contributed by atoms with Gasteiger partial charge in [-0.05, 0) is 22.9 Å². The highest BCUT2D eigenvalue weighted by Crippen LogP contribution is 2.28. The van der Waals surface area contributed by atoms with Crippen molar-refractivity contribution >= 4 is 10.8 Å². The summed E-state index contributed by atoms with van der Waals surface area (Å²) in [5, 5.41) is 6.69. The van der Waals surface area contributed by atoms with Gasteiger partial charge < -0.3 is 4.74 Å². The normalized spacial score (nSPS) is 10.7. The van der Waals surface area contributed by atoms with Gasteiger partial charge in [0.2, 0.25) is 0 Å². The molecule has 18 heavy (non-hydrogen) atoms. The zero-order chi connectivity index (χ0) is 12.4. The average Bonchev–Trinajstić information content (AvgIpc) is 2.92. The smallest absolute Gasteiger partial charge is 0.124 e. The third-order valence-electron chi connectivity index (χ3n) is 3.10. The molecule has 0 spiro atoms. The fraction of sp³-hybridized carbons (Fsp3) is 0.133. The van der Waals surface area contributed by atoms with Crippen LogP contribution in [0, 0.1) is 0 Å². The van der Waals surface area contributed by atoms with Gasteiger partial charge in [0, 0.05) is 18.0 Å². The van der Waals surface area contributed by atoms with Crippen molar-refractivity contribution in [2.75, 3.05) is 7.11 Å². The van der Waals surface area contributed by atoms with Crippen LogP contribution in [-0.2, 0) is 6.54 Å². The van der Waals surface area contributed by atoms with E-state index >= 15 is 0 Å². The molecular formula is C15H14N2O. The maximum Gasteiger partial charge on any atom is 0.124 e. The van der Waals surface area contributed by atoms with E-state index in [9.17, 15) is 0 Å². The van der Waals surface area contributed by atoms with Gasteiger partial charge in [-0.2, -0.15) is 5.10 Å². The number of aromatic nitrogens is 2. The standard InChI is InChI=1S/C15H14N2O/c1-18-15-8-7-12-5-2-3-6-13(12)14(15)11-17-10-4-9-16-17/h2-10H,11H2,1H3. The second-order valence-corrected chi connectivity index (χ2v) is 4.17. The largest absolute Gasteiger partial charge is 0.496 e. The van der Waals surface area contributed by atoms with Crippen LogP contribution in [0.3, 0.4) is 0 Å². The van der Waals surface area contributed by atoms with Crippen molar-refractivity contribution in [1.29, 1.82) is 0 Å². The third-order valence-corrected chi connectivity index (χ3v) is 3.10. The lowest BCUT2D eigenvalue weighted by atomic mass is 10.0. The number of fused-ring (bicyclic) bond motifs is 1. The van der Waals surface area contributed by atoms with E-state index in [1.54, 1.807) is 13.3 Å². The number of benzene rings is 2. The minimum absolute atomic E-state index is 0.720. The minimum Gasteiger partial charge on any atom is -0.496 e. The Morgan fingerprint density at radius 2 is 2.00 bits per heavy atom. The maximum absolute atomic E-state index is 5.46. The fourth-order valence-corrected chi connectivity index (χ4v) is 2.23. The van der Waals surface area contributed by atoms with Crippen LogP contribution in [0.25, 0.3) is 10.8 Å². The third kappa shape index (κ3) is 1.84. The summed E-state index contributed by atoms with van der Waals surface area (Å²) in [6.45, 7) is 0.720. The first-order chi connectivity index (χ1) is 8.88. The topological polar surface area (TPSA) is 27.1 Å². The van der Waals surface area contributed by atoms with Crippen LogP contribution >= 0.6 is 0 Å². The molecule has 0 radical (unpaired) electrons. The van der Waals surface area contributed by atoms with Crippen LogP contribution in [0.2, 0.25) is 0 Å². The van der Waals surface area contributed by atoms with Gasteiger partial charge in [0.25, 0.3) is 0 Å². The van der Waals surface area contributed by atoms with Crippen molar-refractivity contribution in [1.82, 2.24) is 9.78 Å². The molecule has 0 saturated heterocycles. The van der Waals surface area contributed by atoms with Crippen molar-refractivity contribution < 1.29 is 4.74 Å². The van der Waals surface area contributed by atoms with Crippen LogP contribution < -0.4 is 4.74 Å². The number of methoxy groups -OCH3 is 1. The molecule has 3 heteroatoms. The Bertz CT molecular complexity index is 659. The lowest BCUT2D eigenvalue weighted by molar-refractivity contribution is 0.408. The Hall–Kier alpha value is -2.29. The van der Waals surface area contributed by atoms with Crippen molar-refractivity contribution in [3.05, 3.63) is 60.4 Å². The second kappa shape index (κ2) is 4.53. The molecule has 1 heterocycles. The van der Waals surface area contributed by atoms with Gasteiger partial charge in [-0.25, -0.2) is 0 Å². The molecular weight excluding hydrogens is 224 g/mol. The highest BCUT2D eigenvalue weighted by atomic mass is 16.5. The van der Waals surface area contributed by atoms with Crippen molar-refractivity contribution in [3.8, 4) is 5.75 Å². The number of ether oxygens (including phenoxy) is 1. The molecule has 0 saturated carbocycles. The molecule has 0 aliphatic rings. The highest BCUT2D eigenvalue weighted by molar-refractivity contribution is 5.87. The highest BCUT2D eigenvalue weighted by Gasteiger charge is 2.08. The summed E-state index contributed by atoms with van der Waals surface area (Å²) >= 11 is 0. The average molecular weight is 238 g/mol. The van der Waals surface area contributed by atoms with Crippen molar-refractivity contribution in [2.24, 2.45) is 0 Å². The van der Waals surface area contributed by atoms with Crippen molar-refractivity contribution in [2.45, 2.75) is 6.54 Å². The first kappa shape index (κ1) is 10.8. The Morgan fingerprint density at radius 1 is 1.11 bits per heavy atom. The molecule has 1 aromatic heterocycles. The van der Waals surface area contributed by atoms with Gasteiger partial charge in [0.05, 0.1) is 13.7 Å². The van der Waals surface area contributed by atoms with E-state index < -0.39 is 0 Å². The van der Waals surface area contributed by atoms with Gasteiger partial charge >= 0.3 is 0 Å². The summed E-state index contributed by atoms with van der Waals surface area (Å²) < 4.78 is 7.37. The van der Waals surface area contributed by atoms with E-state index in [-0.39, 0.29) is 0 Å². The molecule has 0 aliphatic heterocycles. The van der Waals surface area contributed by atoms with Crippen LogP contribution in [0.15, 0.2) is 54.9 Å². The zero-order valence-electron chi connectivity index (χ0n) is 10.2. The second-order valence-electron chi connectivity index (χ2n) is 4.17. The Labute approximate surface area is 106 Å². The van der Waals surface area contributed by atoms with E-state index in [2.05, 4.69) is 23.3 Å². The van der Waals surface area contributed by atoms with Gasteiger partial charge in [-0.1, -0.05) is 30.3 Å². The zero-order valence-corrected chi connectivity index (χ0v) is 10.2. The number of hydrogen-bond donors (Lipinski definition) is 0. The summed E-state index contributed by atoms with van der Waals surface area (Å²) in [4.78, 5) is 0. The predicted octanol–water partition coefficient (Wildman–Crippen LogP) is 3.09. The summed E-state index contributed by atoms with van der Waals surface area (Å²) in [5.74, 6) is 0.907. The predicted molar refractivity (Wildman–Crippen MR) is 71.8 cm³/mol. The SMILES string of the molecule is COc1ccc2ccccc2c1Cn1cccn1. The fourth-order valence-electron chi connectivity index (χ4n) is 2.23. The van der Waals surface area contributed by atoms with Crippen LogP contribution in [0.5, 0.6) is 5.75 Å². The maximum atomic E-state index is 5.46. The van der Waals surface area contributed by atoms with Gasteiger partial charge in [-0.3, -0.25) is 4.68 Å². The van der Waals surface area contributed by atoms with E-state index in [1.807, 2.05) is 35.1 Å². The van der Waals surface area contributed by atoms with Crippen LogP contribution in [-0.4, -0.2) is 16.9 Å². The van der Waals surface area contributed by atoms with E-state index in [0.717, 1.165) is 12.3 Å². The first-order valence-corrected chi connectivity index (χ1v) is 5.90. The molecule has 0 bridgehead atoms. The van der Waals surface area contributed by atoms with Crippen LogP contribution in [0.4, 0.5) is 0 Å². The first-order valence-electron chi connectivity index (χ1n) is 5.90. The van der Waals surface area contributed by atoms with E-state index in [0.29, 0.717) is 0 Å². The van der Waals surface area contributed by atoms with Gasteiger partial charge in [0.15, 0.2) is 0 Å². The minimum atomic E-state index is 0.720. The molecule has 3 rings (SSSR count). The molecule has 0 N–H and O–H groups in total. The quantitative estimate of drug-likeness (QED) is 0.701. The summed E-state index contributed by atoms with van der Waals surface area (Å²) in [5.41, 5.74) is 1.17. The molecule has 90 valence electrons. The number of nitrogens with zero attached hydrogens (tertiary/aromatic N) is 2. The summed E-state index contributed by atoms with van der Waals surface area (Å²) in [6, 6.07) is 14.4. The summed E-state index contributed by atoms with van der Waals surface area (Å²) in [7, 11) is 1.71. The molecule has 0 amide bonds. The molecule has 0 fully saturated rings. The molecule has 3 nitrogen and oxygen atoms in total. The Kier molecular flexibility index (Phi) is 2.73. The lowest BCUT2D eigenvalue weighted by Gasteiger charge is -2.12. The van der Waals surface area contributed by atoms with Gasteiger partial charge in [0.1, 0.15) is 5.75 Å². The Morgan fingerprint density at radius 3 is 2.78 bits per heavy atom. The number of hydrogen-bond acceptors (Lipinski definition) is 2. The Balaban J connectivity index is 2.17. The molecule has 3 aromatic rings. The van der Waals surface area contributed by atoms with Crippen molar-refractivity contribution in [3.63, 3.8) is 0 Å². The molecule has 0 aliphatic carbocycles. The molecule has 0 unspecified atom stereocenters. The van der Waals surface area contributed by atoms with Gasteiger partial charge in [-0.15, -0.1) is 0 Å². The van der Waals surface area contributed by atoms with E-state index in [1.165, 1.54) is 16.3 Å². The van der Waals surface area contributed by atoms with E-state index in [4.69, 9.17) is 4.74 Å². The summed E-state index contributed by atoms with van der Waals surface area (Å²) in [6.07, 6.45) is 3.75.